The SMILES string of the molecule is Cc1ccc(CNC(=O)[C@@H](NC(=O)c2ccccc2)C(C)C)cc1. The van der Waals surface area contributed by atoms with E-state index in [0.717, 1.165) is 5.56 Å². The van der Waals surface area contributed by atoms with E-state index in [2.05, 4.69) is 10.6 Å². The van der Waals surface area contributed by atoms with Crippen molar-refractivity contribution in [1.82, 2.24) is 10.6 Å². The highest BCUT2D eigenvalue weighted by Gasteiger charge is 2.24. The van der Waals surface area contributed by atoms with E-state index in [1.807, 2.05) is 51.1 Å². The number of carbonyl (C=O) groups excluding carboxylic acids is 2. The van der Waals surface area contributed by atoms with Crippen LogP contribution in [0.15, 0.2) is 54.6 Å². The molecule has 4 heteroatoms. The van der Waals surface area contributed by atoms with E-state index < -0.39 is 6.04 Å². The van der Waals surface area contributed by atoms with Crippen molar-refractivity contribution >= 4 is 11.8 Å². The summed E-state index contributed by atoms with van der Waals surface area (Å²) in [6.45, 7) is 6.31. The van der Waals surface area contributed by atoms with Crippen molar-refractivity contribution in [2.45, 2.75) is 33.4 Å². The second-order valence-corrected chi connectivity index (χ2v) is 6.26. The van der Waals surface area contributed by atoms with E-state index in [-0.39, 0.29) is 17.7 Å². The van der Waals surface area contributed by atoms with Crippen LogP contribution in [0.2, 0.25) is 0 Å². The number of amides is 2. The van der Waals surface area contributed by atoms with Gasteiger partial charge in [0.05, 0.1) is 0 Å². The van der Waals surface area contributed by atoms with Crippen LogP contribution in [-0.2, 0) is 11.3 Å². The molecule has 2 amide bonds. The van der Waals surface area contributed by atoms with E-state index in [9.17, 15) is 9.59 Å². The molecular weight excluding hydrogens is 300 g/mol. The molecule has 0 bridgehead atoms. The largest absolute Gasteiger partial charge is 0.350 e. The summed E-state index contributed by atoms with van der Waals surface area (Å²) in [5.74, 6) is -0.412. The first-order chi connectivity index (χ1) is 11.5. The fourth-order valence-electron chi connectivity index (χ4n) is 2.35. The minimum Gasteiger partial charge on any atom is -0.350 e. The van der Waals surface area contributed by atoms with Gasteiger partial charge in [-0.25, -0.2) is 0 Å². The minimum absolute atomic E-state index is 0.00400. The Morgan fingerprint density at radius 3 is 2.17 bits per heavy atom. The molecule has 126 valence electrons. The van der Waals surface area contributed by atoms with Crippen molar-refractivity contribution in [3.63, 3.8) is 0 Å². The molecule has 0 aromatic heterocycles. The Hall–Kier alpha value is -2.62. The summed E-state index contributed by atoms with van der Waals surface area (Å²) in [7, 11) is 0. The number of nitrogens with one attached hydrogen (secondary N) is 2. The normalized spacial score (nSPS) is 11.8. The molecule has 1 atom stereocenters. The quantitative estimate of drug-likeness (QED) is 0.858. The Morgan fingerprint density at radius 1 is 0.958 bits per heavy atom. The lowest BCUT2D eigenvalue weighted by Gasteiger charge is -2.22. The zero-order valence-corrected chi connectivity index (χ0v) is 14.4. The molecule has 24 heavy (non-hydrogen) atoms. The highest BCUT2D eigenvalue weighted by atomic mass is 16.2. The lowest BCUT2D eigenvalue weighted by molar-refractivity contribution is -0.124. The van der Waals surface area contributed by atoms with Crippen LogP contribution in [0.5, 0.6) is 0 Å². The van der Waals surface area contributed by atoms with Crippen LogP contribution in [0.3, 0.4) is 0 Å². The molecule has 0 saturated heterocycles. The Labute approximate surface area is 143 Å². The number of benzene rings is 2. The second-order valence-electron chi connectivity index (χ2n) is 6.26. The standard InChI is InChI=1S/C20H24N2O2/c1-14(2)18(22-19(23)17-7-5-4-6-8-17)20(24)21-13-16-11-9-15(3)10-12-16/h4-12,14,18H,13H2,1-3H3,(H,21,24)(H,22,23)/t18-/m0/s1. The van der Waals surface area contributed by atoms with Gasteiger partial charge < -0.3 is 10.6 Å². The third-order valence-electron chi connectivity index (χ3n) is 3.86. The van der Waals surface area contributed by atoms with Crippen LogP contribution >= 0.6 is 0 Å². The maximum absolute atomic E-state index is 12.5. The van der Waals surface area contributed by atoms with E-state index in [4.69, 9.17) is 0 Å². The first kappa shape index (κ1) is 17.7. The Kier molecular flexibility index (Phi) is 6.13. The van der Waals surface area contributed by atoms with Gasteiger partial charge in [-0.2, -0.15) is 0 Å². The van der Waals surface area contributed by atoms with Gasteiger partial charge in [-0.1, -0.05) is 61.9 Å². The zero-order valence-electron chi connectivity index (χ0n) is 14.4. The fourth-order valence-corrected chi connectivity index (χ4v) is 2.35. The molecule has 2 rings (SSSR count). The van der Waals surface area contributed by atoms with Crippen LogP contribution in [-0.4, -0.2) is 17.9 Å². The Morgan fingerprint density at radius 2 is 1.58 bits per heavy atom. The Balaban J connectivity index is 1.97. The van der Waals surface area contributed by atoms with Crippen LogP contribution in [0, 0.1) is 12.8 Å². The highest BCUT2D eigenvalue weighted by molar-refractivity contribution is 5.97. The molecule has 0 spiro atoms. The average molecular weight is 324 g/mol. The molecular formula is C20H24N2O2. The van der Waals surface area contributed by atoms with Gasteiger partial charge in [-0.05, 0) is 30.5 Å². The zero-order chi connectivity index (χ0) is 17.5. The molecule has 0 aliphatic heterocycles. The van der Waals surface area contributed by atoms with E-state index >= 15 is 0 Å². The predicted molar refractivity (Wildman–Crippen MR) is 95.6 cm³/mol. The fraction of sp³-hybridized carbons (Fsp3) is 0.300. The van der Waals surface area contributed by atoms with Gasteiger partial charge >= 0.3 is 0 Å². The van der Waals surface area contributed by atoms with E-state index in [1.54, 1.807) is 24.3 Å². The first-order valence-corrected chi connectivity index (χ1v) is 8.16. The predicted octanol–water partition coefficient (Wildman–Crippen LogP) is 3.07. The summed E-state index contributed by atoms with van der Waals surface area (Å²) in [4.78, 5) is 24.8. The van der Waals surface area contributed by atoms with Gasteiger partial charge in [0.15, 0.2) is 0 Å². The lowest BCUT2D eigenvalue weighted by Crippen LogP contribution is -2.49. The Bertz CT molecular complexity index is 679. The van der Waals surface area contributed by atoms with E-state index in [0.29, 0.717) is 12.1 Å². The molecule has 4 nitrogen and oxygen atoms in total. The van der Waals surface area contributed by atoms with Crippen molar-refractivity contribution in [2.24, 2.45) is 5.92 Å². The van der Waals surface area contributed by atoms with Crippen molar-refractivity contribution in [3.8, 4) is 0 Å². The summed E-state index contributed by atoms with van der Waals surface area (Å²) < 4.78 is 0. The topological polar surface area (TPSA) is 58.2 Å². The van der Waals surface area contributed by atoms with Crippen molar-refractivity contribution in [1.29, 1.82) is 0 Å². The minimum atomic E-state index is -0.567. The number of carbonyl (C=O) groups is 2. The number of hydrogen-bond donors (Lipinski definition) is 2. The molecule has 0 unspecified atom stereocenters. The third kappa shape index (κ3) is 4.95. The molecule has 0 radical (unpaired) electrons. The highest BCUT2D eigenvalue weighted by Crippen LogP contribution is 2.07. The lowest BCUT2D eigenvalue weighted by atomic mass is 10.0. The van der Waals surface area contributed by atoms with Crippen molar-refractivity contribution in [3.05, 3.63) is 71.3 Å². The van der Waals surface area contributed by atoms with Crippen LogP contribution < -0.4 is 10.6 Å². The molecule has 0 saturated carbocycles. The molecule has 0 aliphatic rings. The maximum Gasteiger partial charge on any atom is 0.251 e. The van der Waals surface area contributed by atoms with Crippen LogP contribution in [0.1, 0.15) is 35.3 Å². The maximum atomic E-state index is 12.5. The van der Waals surface area contributed by atoms with Gasteiger partial charge in [0.1, 0.15) is 6.04 Å². The van der Waals surface area contributed by atoms with Gasteiger partial charge in [-0.15, -0.1) is 0 Å². The monoisotopic (exact) mass is 324 g/mol. The molecule has 2 aromatic carbocycles. The van der Waals surface area contributed by atoms with Gasteiger partial charge in [-0.3, -0.25) is 9.59 Å². The molecule has 0 heterocycles. The summed E-state index contributed by atoms with van der Waals surface area (Å²) in [6.07, 6.45) is 0. The van der Waals surface area contributed by atoms with E-state index in [1.165, 1.54) is 5.56 Å². The summed E-state index contributed by atoms with van der Waals surface area (Å²) in [5, 5.41) is 5.73. The van der Waals surface area contributed by atoms with Crippen LogP contribution in [0.25, 0.3) is 0 Å². The first-order valence-electron chi connectivity index (χ1n) is 8.16. The summed E-state index contributed by atoms with van der Waals surface area (Å²) in [6, 6.07) is 16.4. The number of rotatable bonds is 6. The molecule has 0 aliphatic carbocycles. The number of aryl methyl sites for hydroxylation is 1. The number of hydrogen-bond acceptors (Lipinski definition) is 2. The summed E-state index contributed by atoms with van der Waals surface area (Å²) in [5.41, 5.74) is 2.76. The molecule has 2 aromatic rings. The molecule has 0 fully saturated rings. The van der Waals surface area contributed by atoms with Gasteiger partial charge in [0.25, 0.3) is 5.91 Å². The third-order valence-corrected chi connectivity index (χ3v) is 3.86. The van der Waals surface area contributed by atoms with Crippen molar-refractivity contribution < 1.29 is 9.59 Å². The van der Waals surface area contributed by atoms with Crippen molar-refractivity contribution in [2.75, 3.05) is 0 Å². The van der Waals surface area contributed by atoms with Gasteiger partial charge in [0.2, 0.25) is 5.91 Å². The van der Waals surface area contributed by atoms with Crippen LogP contribution in [0.4, 0.5) is 0 Å². The summed E-state index contributed by atoms with van der Waals surface area (Å²) >= 11 is 0. The smallest absolute Gasteiger partial charge is 0.251 e. The molecule has 2 N–H and O–H groups in total. The van der Waals surface area contributed by atoms with Gasteiger partial charge in [0, 0.05) is 12.1 Å². The average Bonchev–Trinajstić information content (AvgIpc) is 2.59. The second kappa shape index (κ2) is 8.29.